The number of aryl methyl sites for hydroxylation is 2. The molecule has 0 spiro atoms. The number of hydrogen-bond acceptors (Lipinski definition) is 2. The lowest BCUT2D eigenvalue weighted by atomic mass is 10.1. The molecule has 2 heterocycles. The normalized spacial score (nSPS) is 10.1. The quantitative estimate of drug-likeness (QED) is 0.628. The smallest absolute Gasteiger partial charge is 0.232 e. The Morgan fingerprint density at radius 2 is 2.14 bits per heavy atom. The van der Waals surface area contributed by atoms with Crippen LogP contribution in [-0.2, 0) is 7.05 Å². The summed E-state index contributed by atoms with van der Waals surface area (Å²) in [5.41, 5.74) is 3.23. The van der Waals surface area contributed by atoms with Crippen LogP contribution < -0.4 is 4.57 Å². The van der Waals surface area contributed by atoms with Gasteiger partial charge in [-0.15, -0.1) is 0 Å². The van der Waals surface area contributed by atoms with Crippen LogP contribution in [0, 0.1) is 6.92 Å². The summed E-state index contributed by atoms with van der Waals surface area (Å²) in [5.74, 6) is 0. The zero-order chi connectivity index (χ0) is 9.97. The molecule has 0 bridgehead atoms. The molecule has 0 N–H and O–H groups in total. The summed E-state index contributed by atoms with van der Waals surface area (Å²) in [6, 6.07) is 3.99. The maximum absolute atomic E-state index is 4.26. The van der Waals surface area contributed by atoms with Crippen LogP contribution in [0.2, 0.25) is 0 Å². The van der Waals surface area contributed by atoms with Crippen molar-refractivity contribution in [3.8, 4) is 11.3 Å². The Morgan fingerprint density at radius 3 is 2.86 bits per heavy atom. The summed E-state index contributed by atoms with van der Waals surface area (Å²) >= 11 is 0. The van der Waals surface area contributed by atoms with E-state index in [2.05, 4.69) is 16.0 Å². The standard InChI is InChI=1S/C11H12N3/c1-9-10(4-3-5-13-9)11-8-12-6-7-14(11)2/h3-8H,1-2H3/q+1. The molecule has 0 aliphatic carbocycles. The van der Waals surface area contributed by atoms with Gasteiger partial charge in [-0.3, -0.25) is 9.97 Å². The van der Waals surface area contributed by atoms with Gasteiger partial charge < -0.3 is 0 Å². The molecule has 0 aliphatic rings. The highest BCUT2D eigenvalue weighted by Crippen LogP contribution is 2.15. The first-order valence-electron chi connectivity index (χ1n) is 4.50. The van der Waals surface area contributed by atoms with Crippen LogP contribution in [0.4, 0.5) is 0 Å². The zero-order valence-corrected chi connectivity index (χ0v) is 8.31. The van der Waals surface area contributed by atoms with Crippen molar-refractivity contribution in [2.24, 2.45) is 7.05 Å². The SMILES string of the molecule is Cc1ncccc1-c1cncc[n+]1C. The third-order valence-corrected chi connectivity index (χ3v) is 2.24. The average molecular weight is 186 g/mol. The molecular formula is C11H12N3+. The van der Waals surface area contributed by atoms with Crippen molar-refractivity contribution in [1.29, 1.82) is 0 Å². The number of nitrogens with zero attached hydrogens (tertiary/aromatic N) is 3. The molecule has 0 aromatic carbocycles. The summed E-state index contributed by atoms with van der Waals surface area (Å²) in [6.45, 7) is 2.00. The Labute approximate surface area is 83.1 Å². The predicted octanol–water partition coefficient (Wildman–Crippen LogP) is 1.28. The van der Waals surface area contributed by atoms with Gasteiger partial charge in [-0.25, -0.2) is 0 Å². The first kappa shape index (κ1) is 8.81. The van der Waals surface area contributed by atoms with Gasteiger partial charge in [0.25, 0.3) is 0 Å². The molecule has 0 radical (unpaired) electrons. The zero-order valence-electron chi connectivity index (χ0n) is 8.31. The molecule has 14 heavy (non-hydrogen) atoms. The van der Waals surface area contributed by atoms with Gasteiger partial charge in [0.2, 0.25) is 5.69 Å². The third kappa shape index (κ3) is 1.48. The molecule has 2 rings (SSSR count). The molecule has 0 saturated carbocycles. The molecule has 0 amide bonds. The first-order valence-corrected chi connectivity index (χ1v) is 4.50. The van der Waals surface area contributed by atoms with E-state index in [4.69, 9.17) is 0 Å². The minimum Gasteiger partial charge on any atom is -0.261 e. The van der Waals surface area contributed by atoms with Crippen LogP contribution >= 0.6 is 0 Å². The van der Waals surface area contributed by atoms with Gasteiger partial charge in [-0.1, -0.05) is 0 Å². The van der Waals surface area contributed by atoms with Crippen LogP contribution in [-0.4, -0.2) is 9.97 Å². The van der Waals surface area contributed by atoms with E-state index < -0.39 is 0 Å². The van der Waals surface area contributed by atoms with Crippen molar-refractivity contribution < 1.29 is 4.57 Å². The Hall–Kier alpha value is -1.77. The summed E-state index contributed by atoms with van der Waals surface area (Å²) in [7, 11) is 2.00. The van der Waals surface area contributed by atoms with E-state index in [9.17, 15) is 0 Å². The lowest BCUT2D eigenvalue weighted by molar-refractivity contribution is -0.660. The molecule has 0 aliphatic heterocycles. The number of aromatic nitrogens is 3. The highest BCUT2D eigenvalue weighted by molar-refractivity contribution is 5.57. The third-order valence-electron chi connectivity index (χ3n) is 2.24. The van der Waals surface area contributed by atoms with Crippen molar-refractivity contribution in [1.82, 2.24) is 9.97 Å². The lowest BCUT2D eigenvalue weighted by Gasteiger charge is -2.01. The molecule has 2 aromatic heterocycles. The topological polar surface area (TPSA) is 29.7 Å². The largest absolute Gasteiger partial charge is 0.261 e. The molecule has 0 unspecified atom stereocenters. The van der Waals surface area contributed by atoms with Gasteiger partial charge in [-0.05, 0) is 19.1 Å². The van der Waals surface area contributed by atoms with Crippen molar-refractivity contribution in [2.45, 2.75) is 6.92 Å². The summed E-state index contributed by atoms with van der Waals surface area (Å²) in [5, 5.41) is 0. The maximum atomic E-state index is 4.26. The molecule has 0 atom stereocenters. The monoisotopic (exact) mass is 186 g/mol. The van der Waals surface area contributed by atoms with Crippen molar-refractivity contribution in [3.05, 3.63) is 42.6 Å². The minimum absolute atomic E-state index is 1.02. The van der Waals surface area contributed by atoms with E-state index in [1.807, 2.05) is 37.0 Å². The predicted molar refractivity (Wildman–Crippen MR) is 53.4 cm³/mol. The summed E-state index contributed by atoms with van der Waals surface area (Å²) < 4.78 is 2.04. The van der Waals surface area contributed by atoms with Gasteiger partial charge in [0, 0.05) is 6.20 Å². The molecular weight excluding hydrogens is 174 g/mol. The fourth-order valence-electron chi connectivity index (χ4n) is 1.44. The molecule has 0 fully saturated rings. The minimum atomic E-state index is 1.02. The van der Waals surface area contributed by atoms with E-state index in [1.165, 1.54) is 0 Å². The molecule has 3 heteroatoms. The van der Waals surface area contributed by atoms with Crippen molar-refractivity contribution in [3.63, 3.8) is 0 Å². The van der Waals surface area contributed by atoms with Gasteiger partial charge >= 0.3 is 0 Å². The van der Waals surface area contributed by atoms with E-state index in [0.29, 0.717) is 0 Å². The molecule has 3 nitrogen and oxygen atoms in total. The second kappa shape index (κ2) is 3.54. The van der Waals surface area contributed by atoms with E-state index >= 15 is 0 Å². The van der Waals surface area contributed by atoms with Gasteiger partial charge in [0.05, 0.1) is 23.7 Å². The second-order valence-corrected chi connectivity index (χ2v) is 3.21. The van der Waals surface area contributed by atoms with Crippen molar-refractivity contribution in [2.75, 3.05) is 0 Å². The highest BCUT2D eigenvalue weighted by Gasteiger charge is 2.11. The van der Waals surface area contributed by atoms with Crippen LogP contribution in [0.15, 0.2) is 36.9 Å². The highest BCUT2D eigenvalue weighted by atomic mass is 14.9. The Kier molecular flexibility index (Phi) is 2.23. The lowest BCUT2D eigenvalue weighted by Crippen LogP contribution is -2.30. The van der Waals surface area contributed by atoms with Gasteiger partial charge in [0.15, 0.2) is 6.20 Å². The number of rotatable bonds is 1. The van der Waals surface area contributed by atoms with Gasteiger partial charge in [0.1, 0.15) is 7.05 Å². The Bertz CT molecular complexity index is 408. The number of hydrogen-bond donors (Lipinski definition) is 0. The first-order chi connectivity index (χ1) is 6.79. The van der Waals surface area contributed by atoms with E-state index in [-0.39, 0.29) is 0 Å². The van der Waals surface area contributed by atoms with Crippen LogP contribution in [0.3, 0.4) is 0 Å². The molecule has 2 aromatic rings. The van der Waals surface area contributed by atoms with Crippen molar-refractivity contribution >= 4 is 0 Å². The fourth-order valence-corrected chi connectivity index (χ4v) is 1.44. The second-order valence-electron chi connectivity index (χ2n) is 3.21. The Morgan fingerprint density at radius 1 is 1.29 bits per heavy atom. The maximum Gasteiger partial charge on any atom is 0.232 e. The van der Waals surface area contributed by atoms with Gasteiger partial charge in [-0.2, -0.15) is 4.57 Å². The molecule has 70 valence electrons. The van der Waals surface area contributed by atoms with E-state index in [1.54, 1.807) is 12.4 Å². The Balaban J connectivity index is 2.61. The van der Waals surface area contributed by atoms with E-state index in [0.717, 1.165) is 17.0 Å². The van der Waals surface area contributed by atoms with Crippen LogP contribution in [0.1, 0.15) is 5.69 Å². The summed E-state index contributed by atoms with van der Waals surface area (Å²) in [6.07, 6.45) is 7.36. The number of pyridine rings is 1. The van der Waals surface area contributed by atoms with Crippen LogP contribution in [0.25, 0.3) is 11.3 Å². The fraction of sp³-hybridized carbons (Fsp3) is 0.182. The van der Waals surface area contributed by atoms with Crippen LogP contribution in [0.5, 0.6) is 0 Å². The molecule has 0 saturated heterocycles. The summed E-state index contributed by atoms with van der Waals surface area (Å²) in [4.78, 5) is 8.37. The average Bonchev–Trinajstić information content (AvgIpc) is 2.20.